The molecule has 7 heteroatoms. The lowest BCUT2D eigenvalue weighted by atomic mass is 10.1. The van der Waals surface area contributed by atoms with Gasteiger partial charge in [0, 0.05) is 5.56 Å². The Morgan fingerprint density at radius 1 is 1.03 bits per heavy atom. The number of rotatable bonds is 8. The summed E-state index contributed by atoms with van der Waals surface area (Å²) < 4.78 is 34.6. The number of allylic oxidation sites excluding steroid dienone is 1. The molecule has 0 N–H and O–H groups in total. The van der Waals surface area contributed by atoms with Gasteiger partial charge >= 0.3 is 0 Å². The molecule has 29 heavy (non-hydrogen) atoms. The van der Waals surface area contributed by atoms with Crippen LogP contribution in [0.25, 0.3) is 6.08 Å². The molecule has 0 bridgehead atoms. The Bertz CT molecular complexity index is 1040. The SMILES string of the molecule is COc1ccc(C(=O)/C=C/c2ccc(COc3ccc(F)cc3Cl)o2)cc1OC. The zero-order valence-electron chi connectivity index (χ0n) is 15.8. The summed E-state index contributed by atoms with van der Waals surface area (Å²) in [5.74, 6) is 1.75. The molecule has 0 atom stereocenters. The summed E-state index contributed by atoms with van der Waals surface area (Å²) in [4.78, 5) is 12.4. The Morgan fingerprint density at radius 3 is 2.52 bits per heavy atom. The van der Waals surface area contributed by atoms with E-state index < -0.39 is 5.82 Å². The van der Waals surface area contributed by atoms with Gasteiger partial charge in [0.2, 0.25) is 0 Å². The largest absolute Gasteiger partial charge is 0.493 e. The number of furan rings is 1. The van der Waals surface area contributed by atoms with Crippen LogP contribution in [0.1, 0.15) is 21.9 Å². The molecule has 0 fully saturated rings. The van der Waals surface area contributed by atoms with Crippen molar-refractivity contribution in [3.63, 3.8) is 0 Å². The highest BCUT2D eigenvalue weighted by Crippen LogP contribution is 2.28. The molecule has 0 aliphatic rings. The van der Waals surface area contributed by atoms with Gasteiger partial charge in [0.25, 0.3) is 0 Å². The van der Waals surface area contributed by atoms with Gasteiger partial charge in [-0.3, -0.25) is 4.79 Å². The zero-order valence-corrected chi connectivity index (χ0v) is 16.5. The number of ether oxygens (including phenoxy) is 3. The topological polar surface area (TPSA) is 57.9 Å². The highest BCUT2D eigenvalue weighted by molar-refractivity contribution is 6.32. The lowest BCUT2D eigenvalue weighted by molar-refractivity contribution is 0.104. The average molecular weight is 417 g/mol. The molecule has 0 aliphatic heterocycles. The summed E-state index contributed by atoms with van der Waals surface area (Å²) >= 11 is 5.92. The van der Waals surface area contributed by atoms with Crippen molar-refractivity contribution < 1.29 is 27.8 Å². The number of ketones is 1. The minimum Gasteiger partial charge on any atom is -0.493 e. The van der Waals surface area contributed by atoms with Gasteiger partial charge in [0.15, 0.2) is 17.3 Å². The summed E-state index contributed by atoms with van der Waals surface area (Å²) in [7, 11) is 3.04. The van der Waals surface area contributed by atoms with Crippen LogP contribution in [-0.4, -0.2) is 20.0 Å². The second-order valence-corrected chi connectivity index (χ2v) is 6.34. The summed E-state index contributed by atoms with van der Waals surface area (Å²) in [6, 6.07) is 12.2. The third kappa shape index (κ3) is 5.18. The minimum absolute atomic E-state index is 0.114. The quantitative estimate of drug-likeness (QED) is 0.355. The lowest BCUT2D eigenvalue weighted by Crippen LogP contribution is -1.97. The Kier molecular flexibility index (Phi) is 6.57. The van der Waals surface area contributed by atoms with E-state index in [1.807, 2.05) is 0 Å². The lowest BCUT2D eigenvalue weighted by Gasteiger charge is -2.07. The summed E-state index contributed by atoms with van der Waals surface area (Å²) in [6.07, 6.45) is 2.97. The molecule has 1 heterocycles. The molecular weight excluding hydrogens is 399 g/mol. The van der Waals surface area contributed by atoms with E-state index in [1.54, 1.807) is 36.4 Å². The van der Waals surface area contributed by atoms with E-state index in [1.165, 1.54) is 38.5 Å². The molecule has 0 unspecified atom stereocenters. The fraction of sp³-hybridized carbons (Fsp3) is 0.136. The average Bonchev–Trinajstić information content (AvgIpc) is 3.18. The zero-order chi connectivity index (χ0) is 20.8. The summed E-state index contributed by atoms with van der Waals surface area (Å²) in [5.41, 5.74) is 0.458. The van der Waals surface area contributed by atoms with E-state index in [4.69, 9.17) is 30.2 Å². The van der Waals surface area contributed by atoms with Gasteiger partial charge in [-0.25, -0.2) is 4.39 Å². The van der Waals surface area contributed by atoms with E-state index >= 15 is 0 Å². The first kappa shape index (κ1) is 20.5. The second-order valence-electron chi connectivity index (χ2n) is 5.93. The standard InChI is InChI=1S/C22H18ClFO5/c1-26-21-9-3-14(11-22(21)27-2)19(25)8-7-16-5-6-17(29-16)13-28-20-10-4-15(24)12-18(20)23/h3-12H,13H2,1-2H3/b8-7+. The first-order valence-corrected chi connectivity index (χ1v) is 8.99. The van der Waals surface area contributed by atoms with Crippen LogP contribution in [-0.2, 0) is 6.61 Å². The molecule has 0 amide bonds. The van der Waals surface area contributed by atoms with Gasteiger partial charge in [-0.15, -0.1) is 0 Å². The highest BCUT2D eigenvalue weighted by atomic mass is 35.5. The number of carbonyl (C=O) groups is 1. The van der Waals surface area contributed by atoms with Crippen molar-refractivity contribution in [2.45, 2.75) is 6.61 Å². The first-order chi connectivity index (χ1) is 14.0. The predicted octanol–water partition coefficient (Wildman–Crippen LogP) is 5.56. The Morgan fingerprint density at radius 2 is 1.79 bits per heavy atom. The number of halogens is 2. The van der Waals surface area contributed by atoms with Gasteiger partial charge in [-0.1, -0.05) is 11.6 Å². The van der Waals surface area contributed by atoms with Gasteiger partial charge in [0.1, 0.15) is 29.7 Å². The van der Waals surface area contributed by atoms with Crippen molar-refractivity contribution in [2.75, 3.05) is 14.2 Å². The molecule has 1 aromatic heterocycles. The smallest absolute Gasteiger partial charge is 0.186 e. The number of hydrogen-bond acceptors (Lipinski definition) is 5. The monoisotopic (exact) mass is 416 g/mol. The van der Waals surface area contributed by atoms with Crippen LogP contribution in [0.2, 0.25) is 5.02 Å². The first-order valence-electron chi connectivity index (χ1n) is 8.61. The maximum atomic E-state index is 13.1. The predicted molar refractivity (Wildman–Crippen MR) is 107 cm³/mol. The van der Waals surface area contributed by atoms with Gasteiger partial charge < -0.3 is 18.6 Å². The highest BCUT2D eigenvalue weighted by Gasteiger charge is 2.09. The van der Waals surface area contributed by atoms with Gasteiger partial charge in [-0.05, 0) is 60.7 Å². The Labute approximate surface area is 172 Å². The number of carbonyl (C=O) groups excluding carboxylic acids is 1. The summed E-state index contributed by atoms with van der Waals surface area (Å²) in [6.45, 7) is 0.114. The van der Waals surface area contributed by atoms with Crippen LogP contribution in [0.5, 0.6) is 17.2 Å². The Balaban J connectivity index is 1.63. The number of hydrogen-bond donors (Lipinski definition) is 0. The second kappa shape index (κ2) is 9.30. The van der Waals surface area contributed by atoms with E-state index in [0.29, 0.717) is 34.3 Å². The van der Waals surface area contributed by atoms with E-state index in [2.05, 4.69) is 0 Å². The fourth-order valence-electron chi connectivity index (χ4n) is 2.55. The van der Waals surface area contributed by atoms with Crippen molar-refractivity contribution in [3.05, 3.63) is 82.5 Å². The van der Waals surface area contributed by atoms with Crippen LogP contribution >= 0.6 is 11.6 Å². The normalized spacial score (nSPS) is 10.9. The van der Waals surface area contributed by atoms with Crippen LogP contribution in [0.4, 0.5) is 4.39 Å². The molecule has 2 aromatic carbocycles. The van der Waals surface area contributed by atoms with Gasteiger partial charge in [0.05, 0.1) is 19.2 Å². The molecule has 0 spiro atoms. The molecule has 0 aliphatic carbocycles. The van der Waals surface area contributed by atoms with E-state index in [-0.39, 0.29) is 17.4 Å². The molecule has 3 rings (SSSR count). The van der Waals surface area contributed by atoms with E-state index in [0.717, 1.165) is 0 Å². The van der Waals surface area contributed by atoms with Crippen molar-refractivity contribution in [1.29, 1.82) is 0 Å². The third-order valence-corrected chi connectivity index (χ3v) is 4.31. The van der Waals surface area contributed by atoms with Gasteiger partial charge in [-0.2, -0.15) is 0 Å². The van der Waals surface area contributed by atoms with Crippen LogP contribution < -0.4 is 14.2 Å². The molecule has 5 nitrogen and oxygen atoms in total. The molecule has 150 valence electrons. The number of methoxy groups -OCH3 is 2. The van der Waals surface area contributed by atoms with Crippen LogP contribution in [0.3, 0.4) is 0 Å². The molecule has 0 saturated carbocycles. The van der Waals surface area contributed by atoms with Crippen LogP contribution in [0, 0.1) is 5.82 Å². The molecule has 0 saturated heterocycles. The minimum atomic E-state index is -0.438. The fourth-order valence-corrected chi connectivity index (χ4v) is 2.77. The van der Waals surface area contributed by atoms with Crippen molar-refractivity contribution in [3.8, 4) is 17.2 Å². The van der Waals surface area contributed by atoms with E-state index in [9.17, 15) is 9.18 Å². The number of benzene rings is 2. The molecular formula is C22H18ClFO5. The maximum absolute atomic E-state index is 13.1. The molecule has 0 radical (unpaired) electrons. The summed E-state index contributed by atoms with van der Waals surface area (Å²) in [5, 5.41) is 0.178. The molecule has 3 aromatic rings. The maximum Gasteiger partial charge on any atom is 0.186 e. The van der Waals surface area contributed by atoms with Crippen molar-refractivity contribution in [2.24, 2.45) is 0 Å². The van der Waals surface area contributed by atoms with Crippen LogP contribution in [0.15, 0.2) is 59.0 Å². The third-order valence-electron chi connectivity index (χ3n) is 4.01. The van der Waals surface area contributed by atoms with Crippen molar-refractivity contribution >= 4 is 23.5 Å². The van der Waals surface area contributed by atoms with Crippen molar-refractivity contribution in [1.82, 2.24) is 0 Å². The Hall–Kier alpha value is -3.25.